The van der Waals surface area contributed by atoms with E-state index in [9.17, 15) is 4.79 Å². The first-order chi connectivity index (χ1) is 10.7. The average molecular weight is 316 g/mol. The minimum atomic E-state index is 0.0229. The van der Waals surface area contributed by atoms with E-state index in [1.165, 1.54) is 0 Å². The van der Waals surface area contributed by atoms with Crippen LogP contribution in [0.5, 0.6) is 0 Å². The number of hydrogen-bond acceptors (Lipinski definition) is 5. The second-order valence-electron chi connectivity index (χ2n) is 5.71. The van der Waals surface area contributed by atoms with Crippen molar-refractivity contribution in [3.63, 3.8) is 0 Å². The van der Waals surface area contributed by atoms with Gasteiger partial charge in [-0.05, 0) is 38.4 Å². The second-order valence-corrected chi connectivity index (χ2v) is 6.43. The van der Waals surface area contributed by atoms with Gasteiger partial charge in [-0.15, -0.1) is 11.3 Å². The molecular formula is C16H20N4OS. The van der Waals surface area contributed by atoms with E-state index < -0.39 is 0 Å². The van der Waals surface area contributed by atoms with Crippen molar-refractivity contribution in [2.45, 2.75) is 26.3 Å². The van der Waals surface area contributed by atoms with Crippen LogP contribution in [0, 0.1) is 12.8 Å². The predicted octanol–water partition coefficient (Wildman–Crippen LogP) is 2.70. The average Bonchev–Trinajstić information content (AvgIpc) is 3.00. The number of rotatable bonds is 4. The van der Waals surface area contributed by atoms with Crippen LogP contribution in [-0.4, -0.2) is 33.9 Å². The molecule has 1 aliphatic heterocycles. The highest BCUT2D eigenvalue weighted by Gasteiger charge is 2.26. The van der Waals surface area contributed by atoms with E-state index in [1.807, 2.05) is 30.6 Å². The van der Waals surface area contributed by atoms with Crippen molar-refractivity contribution in [3.05, 3.63) is 40.5 Å². The highest BCUT2D eigenvalue weighted by molar-refractivity contribution is 7.07. The van der Waals surface area contributed by atoms with Crippen LogP contribution in [0.2, 0.25) is 0 Å². The first kappa shape index (κ1) is 15.1. The normalized spacial score (nSPS) is 19.0. The van der Waals surface area contributed by atoms with Gasteiger partial charge >= 0.3 is 0 Å². The maximum absolute atomic E-state index is 12.4. The molecule has 5 nitrogen and oxygen atoms in total. The molecule has 3 rings (SSSR count). The third-order valence-electron chi connectivity index (χ3n) is 3.88. The van der Waals surface area contributed by atoms with E-state index in [0.717, 1.165) is 43.9 Å². The maximum Gasteiger partial charge on any atom is 0.229 e. The Morgan fingerprint density at radius 3 is 3.18 bits per heavy atom. The summed E-state index contributed by atoms with van der Waals surface area (Å²) in [6.07, 6.45) is 1.98. The van der Waals surface area contributed by atoms with Crippen LogP contribution in [0.4, 0.5) is 5.82 Å². The summed E-state index contributed by atoms with van der Waals surface area (Å²) < 4.78 is 0. The number of carbonyl (C=O) groups is 1. The van der Waals surface area contributed by atoms with Crippen LogP contribution in [0.1, 0.15) is 24.2 Å². The van der Waals surface area contributed by atoms with Crippen LogP contribution in [-0.2, 0) is 11.3 Å². The highest BCUT2D eigenvalue weighted by Crippen LogP contribution is 2.20. The molecule has 0 bridgehead atoms. The molecule has 2 aromatic rings. The van der Waals surface area contributed by atoms with E-state index in [0.29, 0.717) is 5.82 Å². The monoisotopic (exact) mass is 316 g/mol. The van der Waals surface area contributed by atoms with Crippen LogP contribution >= 0.6 is 11.3 Å². The smallest absolute Gasteiger partial charge is 0.229 e. The zero-order valence-electron chi connectivity index (χ0n) is 12.7. The van der Waals surface area contributed by atoms with Gasteiger partial charge in [-0.3, -0.25) is 9.69 Å². The van der Waals surface area contributed by atoms with Gasteiger partial charge < -0.3 is 5.32 Å². The van der Waals surface area contributed by atoms with Crippen molar-refractivity contribution in [1.29, 1.82) is 0 Å². The van der Waals surface area contributed by atoms with Gasteiger partial charge in [-0.25, -0.2) is 9.97 Å². The Labute approximate surface area is 134 Å². The van der Waals surface area contributed by atoms with Gasteiger partial charge in [0.05, 0.1) is 17.1 Å². The second kappa shape index (κ2) is 6.98. The molecule has 1 N–H and O–H groups in total. The summed E-state index contributed by atoms with van der Waals surface area (Å²) in [5.41, 5.74) is 3.85. The minimum absolute atomic E-state index is 0.0229. The third-order valence-corrected chi connectivity index (χ3v) is 4.52. The number of aromatic nitrogens is 2. The number of pyridine rings is 1. The van der Waals surface area contributed by atoms with Gasteiger partial charge in [-0.1, -0.05) is 6.07 Å². The molecule has 22 heavy (non-hydrogen) atoms. The van der Waals surface area contributed by atoms with Crippen LogP contribution in [0.15, 0.2) is 29.1 Å². The number of piperidine rings is 1. The molecule has 1 atom stereocenters. The molecule has 1 aliphatic rings. The van der Waals surface area contributed by atoms with Crippen molar-refractivity contribution >= 4 is 23.1 Å². The summed E-state index contributed by atoms with van der Waals surface area (Å²) in [7, 11) is 0. The number of likely N-dealkylation sites (tertiary alicyclic amines) is 1. The highest BCUT2D eigenvalue weighted by atomic mass is 32.1. The summed E-state index contributed by atoms with van der Waals surface area (Å²) in [6, 6.07) is 5.67. The Balaban J connectivity index is 1.58. The summed E-state index contributed by atoms with van der Waals surface area (Å²) in [5.74, 6) is 0.734. The molecule has 0 spiro atoms. The molecule has 2 aromatic heterocycles. The zero-order chi connectivity index (χ0) is 15.4. The molecule has 1 unspecified atom stereocenters. The topological polar surface area (TPSA) is 58.1 Å². The number of nitrogens with zero attached hydrogens (tertiary/aromatic N) is 3. The van der Waals surface area contributed by atoms with Gasteiger partial charge in [0.1, 0.15) is 5.82 Å². The molecule has 0 aliphatic carbocycles. The number of aryl methyl sites for hydroxylation is 1. The van der Waals surface area contributed by atoms with Gasteiger partial charge in [0, 0.05) is 24.2 Å². The third kappa shape index (κ3) is 3.90. The molecule has 6 heteroatoms. The first-order valence-corrected chi connectivity index (χ1v) is 8.49. The molecule has 1 amide bonds. The number of amides is 1. The number of nitrogens with one attached hydrogen (secondary N) is 1. The lowest BCUT2D eigenvalue weighted by molar-refractivity contribution is -0.121. The SMILES string of the molecule is Cc1cccc(NC(=O)C2CCCN(Cc3cscn3)C2)n1. The van der Waals surface area contributed by atoms with E-state index in [2.05, 4.69) is 25.6 Å². The van der Waals surface area contributed by atoms with Crippen LogP contribution < -0.4 is 5.32 Å². The van der Waals surface area contributed by atoms with Crippen molar-refractivity contribution < 1.29 is 4.79 Å². The van der Waals surface area contributed by atoms with E-state index in [1.54, 1.807) is 11.3 Å². The van der Waals surface area contributed by atoms with Crippen molar-refractivity contribution in [2.75, 3.05) is 18.4 Å². The Morgan fingerprint density at radius 2 is 2.41 bits per heavy atom. The molecule has 1 saturated heterocycles. The summed E-state index contributed by atoms with van der Waals surface area (Å²) in [6.45, 7) is 4.57. The number of anilines is 1. The van der Waals surface area contributed by atoms with E-state index >= 15 is 0 Å². The first-order valence-electron chi connectivity index (χ1n) is 7.54. The van der Waals surface area contributed by atoms with Gasteiger partial charge in [0.25, 0.3) is 0 Å². The fraction of sp³-hybridized carbons (Fsp3) is 0.438. The minimum Gasteiger partial charge on any atom is -0.310 e. The van der Waals surface area contributed by atoms with Crippen LogP contribution in [0.3, 0.4) is 0 Å². The quantitative estimate of drug-likeness (QED) is 0.942. The molecule has 0 radical (unpaired) electrons. The fourth-order valence-electron chi connectivity index (χ4n) is 2.80. The lowest BCUT2D eigenvalue weighted by atomic mass is 9.97. The largest absolute Gasteiger partial charge is 0.310 e. The molecule has 1 fully saturated rings. The number of thiazole rings is 1. The standard InChI is InChI=1S/C16H20N4OS/c1-12-4-2-6-15(18-12)19-16(21)13-5-3-7-20(8-13)9-14-10-22-11-17-14/h2,4,6,10-11,13H,3,5,7-9H2,1H3,(H,18,19,21). The predicted molar refractivity (Wildman–Crippen MR) is 87.7 cm³/mol. The Morgan fingerprint density at radius 1 is 1.50 bits per heavy atom. The summed E-state index contributed by atoms with van der Waals surface area (Å²) in [5, 5.41) is 5.01. The maximum atomic E-state index is 12.4. The van der Waals surface area contributed by atoms with Gasteiger partial charge in [-0.2, -0.15) is 0 Å². The lowest BCUT2D eigenvalue weighted by Crippen LogP contribution is -2.40. The van der Waals surface area contributed by atoms with Crippen LogP contribution in [0.25, 0.3) is 0 Å². The van der Waals surface area contributed by atoms with Crippen molar-refractivity contribution in [3.8, 4) is 0 Å². The van der Waals surface area contributed by atoms with Crippen molar-refractivity contribution in [1.82, 2.24) is 14.9 Å². The van der Waals surface area contributed by atoms with E-state index in [4.69, 9.17) is 0 Å². The molecular weight excluding hydrogens is 296 g/mol. The van der Waals surface area contributed by atoms with Gasteiger partial charge in [0.15, 0.2) is 0 Å². The Kier molecular flexibility index (Phi) is 4.80. The zero-order valence-corrected chi connectivity index (χ0v) is 13.5. The van der Waals surface area contributed by atoms with E-state index in [-0.39, 0.29) is 11.8 Å². The molecule has 0 saturated carbocycles. The number of hydrogen-bond donors (Lipinski definition) is 1. The summed E-state index contributed by atoms with van der Waals surface area (Å²) >= 11 is 1.61. The molecule has 3 heterocycles. The Bertz CT molecular complexity index is 629. The van der Waals surface area contributed by atoms with Gasteiger partial charge in [0.2, 0.25) is 5.91 Å². The Hall–Kier alpha value is -1.79. The van der Waals surface area contributed by atoms with Crippen molar-refractivity contribution in [2.24, 2.45) is 5.92 Å². The fourth-order valence-corrected chi connectivity index (χ4v) is 3.35. The molecule has 0 aromatic carbocycles. The molecule has 116 valence electrons. The number of carbonyl (C=O) groups excluding carboxylic acids is 1. The lowest BCUT2D eigenvalue weighted by Gasteiger charge is -2.31. The summed E-state index contributed by atoms with van der Waals surface area (Å²) in [4.78, 5) is 23.4.